The Labute approximate surface area is 155 Å². The second kappa shape index (κ2) is 7.28. The van der Waals surface area contributed by atoms with Gasteiger partial charge in [-0.1, -0.05) is 0 Å². The van der Waals surface area contributed by atoms with Crippen LogP contribution in [0.15, 0.2) is 42.6 Å². The summed E-state index contributed by atoms with van der Waals surface area (Å²) in [5.74, 6) is -0.704. The molecule has 1 saturated heterocycles. The number of fused-ring (bicyclic) bond motifs is 1. The van der Waals surface area contributed by atoms with E-state index in [0.717, 1.165) is 37.3 Å². The quantitative estimate of drug-likeness (QED) is 0.691. The molecular formula is C20H20FN3O3. The highest BCUT2D eigenvalue weighted by Crippen LogP contribution is 2.33. The minimum atomic E-state index is -0.528. The van der Waals surface area contributed by atoms with Gasteiger partial charge >= 0.3 is 5.97 Å². The summed E-state index contributed by atoms with van der Waals surface area (Å²) in [6.45, 7) is 3.46. The highest BCUT2D eigenvalue weighted by molar-refractivity contribution is 5.93. The summed E-state index contributed by atoms with van der Waals surface area (Å²) in [6.07, 6.45) is 1.73. The van der Waals surface area contributed by atoms with Crippen LogP contribution >= 0.6 is 0 Å². The number of aromatic nitrogens is 1. The first-order chi connectivity index (χ1) is 13.2. The predicted molar refractivity (Wildman–Crippen MR) is 101 cm³/mol. The number of rotatable bonds is 4. The normalized spacial score (nSPS) is 14.4. The molecule has 0 saturated carbocycles. The molecule has 7 heteroatoms. The molecule has 0 amide bonds. The van der Waals surface area contributed by atoms with Crippen molar-refractivity contribution in [3.8, 4) is 11.5 Å². The number of halogens is 1. The van der Waals surface area contributed by atoms with Crippen LogP contribution in [0.5, 0.6) is 11.5 Å². The van der Waals surface area contributed by atoms with Crippen LogP contribution in [-0.4, -0.2) is 44.2 Å². The van der Waals surface area contributed by atoms with Crippen molar-refractivity contribution < 1.29 is 18.7 Å². The molecule has 27 heavy (non-hydrogen) atoms. The number of hydrogen-bond acceptors (Lipinski definition) is 5. The lowest BCUT2D eigenvalue weighted by Gasteiger charge is -2.30. The van der Waals surface area contributed by atoms with Gasteiger partial charge < -0.3 is 24.7 Å². The zero-order valence-electron chi connectivity index (χ0n) is 14.9. The van der Waals surface area contributed by atoms with E-state index >= 15 is 0 Å². The fourth-order valence-corrected chi connectivity index (χ4v) is 3.24. The number of esters is 1. The van der Waals surface area contributed by atoms with Gasteiger partial charge in [0, 0.05) is 61.1 Å². The maximum atomic E-state index is 14.5. The first-order valence-corrected chi connectivity index (χ1v) is 8.78. The number of nitrogens with zero attached hydrogens (tertiary/aromatic N) is 1. The van der Waals surface area contributed by atoms with Gasteiger partial charge in [-0.05, 0) is 24.3 Å². The van der Waals surface area contributed by atoms with E-state index in [9.17, 15) is 9.18 Å². The molecule has 1 aliphatic rings. The van der Waals surface area contributed by atoms with Crippen molar-refractivity contribution in [2.24, 2.45) is 0 Å². The van der Waals surface area contributed by atoms with E-state index in [1.807, 2.05) is 12.1 Å². The summed E-state index contributed by atoms with van der Waals surface area (Å²) in [5.41, 5.74) is 1.86. The molecule has 3 aromatic rings. The molecule has 140 valence electrons. The number of methoxy groups -OCH3 is 1. The minimum Gasteiger partial charge on any atom is -0.465 e. The second-order valence-electron chi connectivity index (χ2n) is 6.36. The molecule has 0 atom stereocenters. The number of carbonyl (C=O) groups is 1. The highest BCUT2D eigenvalue weighted by Gasteiger charge is 2.19. The number of aromatic amines is 1. The van der Waals surface area contributed by atoms with Crippen molar-refractivity contribution in [2.75, 3.05) is 38.2 Å². The monoisotopic (exact) mass is 369 g/mol. The fourth-order valence-electron chi connectivity index (χ4n) is 3.24. The molecule has 2 N–H and O–H groups in total. The lowest BCUT2D eigenvalue weighted by molar-refractivity contribution is 0.0598. The van der Waals surface area contributed by atoms with E-state index in [2.05, 4.69) is 15.2 Å². The summed E-state index contributed by atoms with van der Waals surface area (Å²) in [4.78, 5) is 17.3. The lowest BCUT2D eigenvalue weighted by Crippen LogP contribution is -2.43. The van der Waals surface area contributed by atoms with E-state index in [1.54, 1.807) is 24.4 Å². The Hall–Kier alpha value is -3.06. The molecule has 2 heterocycles. The summed E-state index contributed by atoms with van der Waals surface area (Å²) < 4.78 is 25.2. The van der Waals surface area contributed by atoms with Gasteiger partial charge in [-0.15, -0.1) is 0 Å². The third-order valence-electron chi connectivity index (χ3n) is 4.68. The molecule has 0 bridgehead atoms. The molecule has 0 spiro atoms. The first-order valence-electron chi connectivity index (χ1n) is 8.78. The number of H-pyrrole nitrogens is 1. The third kappa shape index (κ3) is 3.46. The van der Waals surface area contributed by atoms with E-state index in [4.69, 9.17) is 9.47 Å². The zero-order chi connectivity index (χ0) is 18.8. The van der Waals surface area contributed by atoms with Crippen LogP contribution < -0.4 is 15.0 Å². The van der Waals surface area contributed by atoms with Gasteiger partial charge in [0.2, 0.25) is 0 Å². The minimum absolute atomic E-state index is 0.0599. The molecule has 0 radical (unpaired) electrons. The van der Waals surface area contributed by atoms with Crippen molar-refractivity contribution in [3.63, 3.8) is 0 Å². The van der Waals surface area contributed by atoms with E-state index in [-0.39, 0.29) is 17.1 Å². The van der Waals surface area contributed by atoms with Gasteiger partial charge in [0.15, 0.2) is 11.6 Å². The molecule has 1 aromatic heterocycles. The van der Waals surface area contributed by atoms with Crippen molar-refractivity contribution >= 4 is 22.6 Å². The molecule has 0 unspecified atom stereocenters. The fraction of sp³-hybridized carbons (Fsp3) is 0.250. The van der Waals surface area contributed by atoms with Crippen molar-refractivity contribution in [3.05, 3.63) is 54.0 Å². The van der Waals surface area contributed by atoms with E-state index in [1.165, 1.54) is 13.2 Å². The van der Waals surface area contributed by atoms with Crippen LogP contribution in [0, 0.1) is 5.82 Å². The molecule has 6 nitrogen and oxygen atoms in total. The standard InChI is InChI=1S/C20H20FN3O3/c1-26-20(25)15-3-2-14(24-8-6-22-7-9-24)11-18(15)27-19-10-13-4-5-23-17(13)12-16(19)21/h2-5,10-12,22-23H,6-9H2,1H3. The van der Waals surface area contributed by atoms with Gasteiger partial charge in [0.25, 0.3) is 0 Å². The Balaban J connectivity index is 1.73. The first kappa shape index (κ1) is 17.4. The van der Waals surface area contributed by atoms with Gasteiger partial charge in [0.1, 0.15) is 11.3 Å². The summed E-state index contributed by atoms with van der Waals surface area (Å²) in [5, 5.41) is 4.12. The van der Waals surface area contributed by atoms with Crippen molar-refractivity contribution in [1.29, 1.82) is 0 Å². The van der Waals surface area contributed by atoms with E-state index < -0.39 is 11.8 Å². The Kier molecular flexibility index (Phi) is 4.68. The SMILES string of the molecule is COC(=O)c1ccc(N2CCNCC2)cc1Oc1cc2cc[nH]c2cc1F. The number of benzene rings is 2. The second-order valence-corrected chi connectivity index (χ2v) is 6.36. The number of piperazine rings is 1. The number of anilines is 1. The zero-order valence-corrected chi connectivity index (χ0v) is 14.9. The number of ether oxygens (including phenoxy) is 2. The smallest absolute Gasteiger partial charge is 0.341 e. The Morgan fingerprint density at radius 1 is 1.11 bits per heavy atom. The third-order valence-corrected chi connectivity index (χ3v) is 4.68. The predicted octanol–water partition coefficient (Wildman–Crippen LogP) is 3.30. The average Bonchev–Trinajstić information content (AvgIpc) is 3.15. The molecular weight excluding hydrogens is 349 g/mol. The van der Waals surface area contributed by atoms with Gasteiger partial charge in [-0.25, -0.2) is 9.18 Å². The van der Waals surface area contributed by atoms with Gasteiger partial charge in [-0.2, -0.15) is 0 Å². The lowest BCUT2D eigenvalue weighted by atomic mass is 10.1. The van der Waals surface area contributed by atoms with Crippen LogP contribution in [0.1, 0.15) is 10.4 Å². The molecule has 4 rings (SSSR count). The molecule has 1 aliphatic heterocycles. The molecule has 1 fully saturated rings. The Morgan fingerprint density at radius 2 is 1.93 bits per heavy atom. The number of hydrogen-bond donors (Lipinski definition) is 2. The van der Waals surface area contributed by atoms with Crippen LogP contribution in [0.2, 0.25) is 0 Å². The highest BCUT2D eigenvalue weighted by atomic mass is 19.1. The Bertz CT molecular complexity index is 980. The molecule has 0 aliphatic carbocycles. The van der Waals surface area contributed by atoms with Crippen LogP contribution in [0.3, 0.4) is 0 Å². The Morgan fingerprint density at radius 3 is 2.70 bits per heavy atom. The summed E-state index contributed by atoms with van der Waals surface area (Å²) in [7, 11) is 1.31. The van der Waals surface area contributed by atoms with Crippen molar-refractivity contribution in [2.45, 2.75) is 0 Å². The maximum Gasteiger partial charge on any atom is 0.341 e. The summed E-state index contributed by atoms with van der Waals surface area (Å²) >= 11 is 0. The summed E-state index contributed by atoms with van der Waals surface area (Å²) in [6, 6.07) is 10.1. The van der Waals surface area contributed by atoms with Crippen LogP contribution in [0.25, 0.3) is 10.9 Å². The average molecular weight is 369 g/mol. The number of nitrogens with one attached hydrogen (secondary N) is 2. The van der Waals surface area contributed by atoms with Crippen LogP contribution in [0.4, 0.5) is 10.1 Å². The van der Waals surface area contributed by atoms with Crippen LogP contribution in [-0.2, 0) is 4.74 Å². The maximum absolute atomic E-state index is 14.5. The number of carbonyl (C=O) groups excluding carboxylic acids is 1. The van der Waals surface area contributed by atoms with Crippen molar-refractivity contribution in [1.82, 2.24) is 10.3 Å². The van der Waals surface area contributed by atoms with Gasteiger partial charge in [-0.3, -0.25) is 0 Å². The van der Waals surface area contributed by atoms with E-state index in [0.29, 0.717) is 5.52 Å². The topological polar surface area (TPSA) is 66.6 Å². The largest absolute Gasteiger partial charge is 0.465 e. The van der Waals surface area contributed by atoms with Gasteiger partial charge in [0.05, 0.1) is 7.11 Å². The molecule has 2 aromatic carbocycles.